The van der Waals surface area contributed by atoms with Gasteiger partial charge in [-0.1, -0.05) is 36.4 Å². The van der Waals surface area contributed by atoms with Crippen LogP contribution in [0.15, 0.2) is 71.3 Å². The van der Waals surface area contributed by atoms with E-state index < -0.39 is 17.6 Å². The normalized spacial score (nSPS) is 21.8. The van der Waals surface area contributed by atoms with E-state index >= 15 is 0 Å². The maximum atomic E-state index is 13.8. The van der Waals surface area contributed by atoms with Crippen LogP contribution in [-0.2, 0) is 9.53 Å². The molecule has 2 aromatic carbocycles. The highest BCUT2D eigenvalue weighted by Crippen LogP contribution is 2.46. The van der Waals surface area contributed by atoms with Crippen LogP contribution in [0.25, 0.3) is 0 Å². The average molecular weight is 378 g/mol. The van der Waals surface area contributed by atoms with Crippen LogP contribution in [0, 0.1) is 23.0 Å². The molecule has 0 amide bonds. The second-order valence-corrected chi connectivity index (χ2v) is 6.87. The predicted molar refractivity (Wildman–Crippen MR) is 97.5 cm³/mol. The number of carbonyl (C=O) groups is 1. The number of rotatable bonds is 2. The smallest absolute Gasteiger partial charge is 0.205 e. The molecule has 6 heteroatoms. The van der Waals surface area contributed by atoms with Crippen molar-refractivity contribution in [1.82, 2.24) is 0 Å². The van der Waals surface area contributed by atoms with Crippen molar-refractivity contribution in [3.63, 3.8) is 0 Å². The van der Waals surface area contributed by atoms with Crippen LogP contribution in [-0.4, -0.2) is 5.78 Å². The summed E-state index contributed by atoms with van der Waals surface area (Å²) in [5.74, 6) is -2.91. The summed E-state index contributed by atoms with van der Waals surface area (Å²) in [6.07, 6.45) is 0.676. The molecular formula is C22H16F2N2O2. The fourth-order valence-corrected chi connectivity index (χ4v) is 3.89. The molecule has 1 aliphatic heterocycles. The molecule has 0 saturated heterocycles. The lowest BCUT2D eigenvalue weighted by Gasteiger charge is -2.34. The zero-order chi connectivity index (χ0) is 19.8. The second-order valence-electron chi connectivity index (χ2n) is 6.87. The van der Waals surface area contributed by atoms with Crippen LogP contribution in [0.4, 0.5) is 8.78 Å². The fraction of sp³-hybridized carbons (Fsp3) is 0.182. The van der Waals surface area contributed by atoms with Crippen molar-refractivity contribution in [2.45, 2.75) is 24.7 Å². The highest BCUT2D eigenvalue weighted by molar-refractivity contribution is 6.00. The van der Waals surface area contributed by atoms with Crippen LogP contribution >= 0.6 is 0 Å². The van der Waals surface area contributed by atoms with Crippen molar-refractivity contribution >= 4 is 5.78 Å². The molecule has 0 aromatic heterocycles. The molecule has 2 aromatic rings. The monoisotopic (exact) mass is 378 g/mol. The first-order valence-electron chi connectivity index (χ1n) is 8.83. The molecule has 140 valence electrons. The van der Waals surface area contributed by atoms with Gasteiger partial charge in [0.1, 0.15) is 17.4 Å². The number of allylic oxidation sites excluding steroid dienone is 3. The molecule has 0 spiro atoms. The minimum absolute atomic E-state index is 0.0243. The number of ketones is 1. The lowest BCUT2D eigenvalue weighted by atomic mass is 9.73. The van der Waals surface area contributed by atoms with Crippen LogP contribution in [0.3, 0.4) is 0 Å². The van der Waals surface area contributed by atoms with Crippen molar-refractivity contribution in [2.75, 3.05) is 0 Å². The van der Waals surface area contributed by atoms with Gasteiger partial charge in [-0.15, -0.1) is 0 Å². The van der Waals surface area contributed by atoms with E-state index in [0.717, 1.165) is 17.7 Å². The first-order valence-corrected chi connectivity index (χ1v) is 8.83. The van der Waals surface area contributed by atoms with Gasteiger partial charge in [-0.05, 0) is 29.2 Å². The summed E-state index contributed by atoms with van der Waals surface area (Å²) in [5.41, 5.74) is 7.56. The third-order valence-electron chi connectivity index (χ3n) is 5.21. The van der Waals surface area contributed by atoms with Crippen molar-refractivity contribution in [1.29, 1.82) is 5.26 Å². The summed E-state index contributed by atoms with van der Waals surface area (Å²) >= 11 is 0. The number of hydrogen-bond acceptors (Lipinski definition) is 4. The van der Waals surface area contributed by atoms with Gasteiger partial charge in [0.05, 0.1) is 5.92 Å². The second kappa shape index (κ2) is 6.93. The number of Topliss-reactive ketones (excluding diaryl/α,β-unsaturated/α-hetero) is 1. The Balaban J connectivity index is 1.81. The van der Waals surface area contributed by atoms with Crippen molar-refractivity contribution in [2.24, 2.45) is 5.73 Å². The quantitative estimate of drug-likeness (QED) is 0.851. The summed E-state index contributed by atoms with van der Waals surface area (Å²) in [5, 5.41) is 9.55. The summed E-state index contributed by atoms with van der Waals surface area (Å²) in [4.78, 5) is 13.0. The summed E-state index contributed by atoms with van der Waals surface area (Å²) in [7, 11) is 0. The van der Waals surface area contributed by atoms with E-state index in [1.54, 1.807) is 0 Å². The Morgan fingerprint density at radius 2 is 1.79 bits per heavy atom. The molecule has 4 rings (SSSR count). The minimum atomic E-state index is -1.05. The first kappa shape index (κ1) is 17.9. The standard InChI is InChI=1S/C22H16F2N2O2/c23-16-7-6-13(8-17(16)24)20-15(11-25)22(26)28-19-10-14(9-18(27)21(19)20)12-4-2-1-3-5-12/h1-8,14,20H,9-10,26H2/t14-,20+/m0/s1. The van der Waals surface area contributed by atoms with E-state index in [-0.39, 0.29) is 29.6 Å². The highest BCUT2D eigenvalue weighted by atomic mass is 19.2. The molecule has 2 atom stereocenters. The predicted octanol–water partition coefficient (Wildman–Crippen LogP) is 4.17. The molecule has 1 aliphatic carbocycles. The number of nitrogens with two attached hydrogens (primary N) is 1. The number of halogens is 2. The largest absolute Gasteiger partial charge is 0.444 e. The van der Waals surface area contributed by atoms with E-state index in [9.17, 15) is 18.8 Å². The zero-order valence-electron chi connectivity index (χ0n) is 14.8. The molecule has 4 nitrogen and oxygen atoms in total. The summed E-state index contributed by atoms with van der Waals surface area (Å²) in [6, 6.07) is 14.9. The number of hydrogen-bond donors (Lipinski definition) is 1. The number of benzene rings is 2. The molecule has 2 aliphatic rings. The van der Waals surface area contributed by atoms with E-state index in [1.807, 2.05) is 36.4 Å². The van der Waals surface area contributed by atoms with Crippen molar-refractivity contribution in [3.05, 3.63) is 94.1 Å². The summed E-state index contributed by atoms with van der Waals surface area (Å²) in [6.45, 7) is 0. The highest BCUT2D eigenvalue weighted by Gasteiger charge is 2.41. The maximum Gasteiger partial charge on any atom is 0.205 e. The molecule has 1 heterocycles. The Labute approximate surface area is 160 Å². The zero-order valence-corrected chi connectivity index (χ0v) is 14.8. The Morgan fingerprint density at radius 1 is 1.04 bits per heavy atom. The number of nitriles is 1. The molecule has 0 saturated carbocycles. The van der Waals surface area contributed by atoms with E-state index in [1.165, 1.54) is 6.07 Å². The van der Waals surface area contributed by atoms with Gasteiger partial charge in [-0.25, -0.2) is 8.78 Å². The maximum absolute atomic E-state index is 13.8. The van der Waals surface area contributed by atoms with E-state index in [4.69, 9.17) is 10.5 Å². The van der Waals surface area contributed by atoms with Gasteiger partial charge >= 0.3 is 0 Å². The van der Waals surface area contributed by atoms with Crippen LogP contribution in [0.1, 0.15) is 35.8 Å². The van der Waals surface area contributed by atoms with Gasteiger partial charge in [0.15, 0.2) is 17.4 Å². The van der Waals surface area contributed by atoms with E-state index in [2.05, 4.69) is 0 Å². The Hall–Kier alpha value is -3.46. The Bertz CT molecular complexity index is 1070. The number of ether oxygens (including phenoxy) is 1. The third kappa shape index (κ3) is 2.95. The Morgan fingerprint density at radius 3 is 2.46 bits per heavy atom. The number of nitrogens with zero attached hydrogens (tertiary/aromatic N) is 1. The third-order valence-corrected chi connectivity index (χ3v) is 5.21. The molecular weight excluding hydrogens is 362 g/mol. The average Bonchev–Trinajstić information content (AvgIpc) is 2.69. The van der Waals surface area contributed by atoms with Gasteiger partial charge in [0.25, 0.3) is 0 Å². The number of carbonyl (C=O) groups excluding carboxylic acids is 1. The van der Waals surface area contributed by atoms with Gasteiger partial charge in [-0.2, -0.15) is 5.26 Å². The van der Waals surface area contributed by atoms with Gasteiger partial charge in [-0.3, -0.25) is 4.79 Å². The fourth-order valence-electron chi connectivity index (χ4n) is 3.89. The van der Waals surface area contributed by atoms with Crippen LogP contribution < -0.4 is 5.73 Å². The van der Waals surface area contributed by atoms with Crippen molar-refractivity contribution < 1.29 is 18.3 Å². The van der Waals surface area contributed by atoms with Crippen LogP contribution in [0.5, 0.6) is 0 Å². The van der Waals surface area contributed by atoms with E-state index in [0.29, 0.717) is 23.3 Å². The lowest BCUT2D eigenvalue weighted by molar-refractivity contribution is -0.117. The Kier molecular flexibility index (Phi) is 4.44. The molecule has 0 unspecified atom stereocenters. The van der Waals surface area contributed by atoms with Gasteiger partial charge in [0.2, 0.25) is 5.88 Å². The first-order chi connectivity index (χ1) is 13.5. The van der Waals surface area contributed by atoms with Gasteiger partial charge < -0.3 is 10.5 Å². The van der Waals surface area contributed by atoms with Crippen molar-refractivity contribution in [3.8, 4) is 6.07 Å². The molecule has 28 heavy (non-hydrogen) atoms. The molecule has 2 N–H and O–H groups in total. The van der Waals surface area contributed by atoms with Crippen LogP contribution in [0.2, 0.25) is 0 Å². The molecule has 0 bridgehead atoms. The summed E-state index contributed by atoms with van der Waals surface area (Å²) < 4.78 is 32.9. The lowest BCUT2D eigenvalue weighted by Crippen LogP contribution is -2.30. The minimum Gasteiger partial charge on any atom is -0.444 e. The topological polar surface area (TPSA) is 76.1 Å². The molecule has 0 radical (unpaired) electrons. The molecule has 0 fully saturated rings. The SMILES string of the molecule is N#CC1=C(N)OC2=C(C(=O)C[C@H](c3ccccc3)C2)[C@@H]1c1ccc(F)c(F)c1. The van der Waals surface area contributed by atoms with Gasteiger partial charge in [0, 0.05) is 18.4 Å².